The summed E-state index contributed by atoms with van der Waals surface area (Å²) in [6, 6.07) is 7.15. The highest BCUT2D eigenvalue weighted by Gasteiger charge is 2.39. The van der Waals surface area contributed by atoms with Crippen LogP contribution in [0.1, 0.15) is 18.9 Å². The number of nitrogens with two attached hydrogens (primary N) is 1. The van der Waals surface area contributed by atoms with Crippen LogP contribution < -0.4 is 5.73 Å². The first-order chi connectivity index (χ1) is 7.51. The van der Waals surface area contributed by atoms with Crippen molar-refractivity contribution in [1.29, 1.82) is 0 Å². The van der Waals surface area contributed by atoms with Gasteiger partial charge >= 0.3 is 5.97 Å². The summed E-state index contributed by atoms with van der Waals surface area (Å²) in [5.41, 5.74) is 5.95. The van der Waals surface area contributed by atoms with Gasteiger partial charge in [0.05, 0.1) is 0 Å². The molecule has 2 rings (SSSR count). The van der Waals surface area contributed by atoms with E-state index < -0.39 is 11.6 Å². The average molecular weight is 256 g/mol. The molecule has 0 saturated carbocycles. The van der Waals surface area contributed by atoms with Crippen LogP contribution in [0.5, 0.6) is 0 Å². The molecule has 0 fully saturated rings. The molecule has 0 amide bonds. The van der Waals surface area contributed by atoms with E-state index in [0.29, 0.717) is 17.9 Å². The maximum atomic E-state index is 11.0. The van der Waals surface area contributed by atoms with Gasteiger partial charge in [-0.2, -0.15) is 0 Å². The molecule has 0 radical (unpaired) electrons. The number of anilines is 1. The van der Waals surface area contributed by atoms with Gasteiger partial charge in [0.15, 0.2) is 0 Å². The number of rotatable bonds is 2. The van der Waals surface area contributed by atoms with E-state index in [9.17, 15) is 4.79 Å². The predicted molar refractivity (Wildman–Crippen MR) is 67.8 cm³/mol. The van der Waals surface area contributed by atoms with Crippen LogP contribution in [0.4, 0.5) is 5.69 Å². The van der Waals surface area contributed by atoms with Gasteiger partial charge in [-0.15, -0.1) is 12.4 Å². The summed E-state index contributed by atoms with van der Waals surface area (Å²) < 4.78 is 5.46. The molecule has 1 aromatic carbocycles. The summed E-state index contributed by atoms with van der Waals surface area (Å²) in [5, 5.41) is 9.00. The van der Waals surface area contributed by atoms with Crippen LogP contribution >= 0.6 is 12.4 Å². The third kappa shape index (κ3) is 2.53. The smallest absolute Gasteiger partial charge is 0.348 e. The Balaban J connectivity index is 0.00000144. The Kier molecular flexibility index (Phi) is 3.68. The fourth-order valence-corrected chi connectivity index (χ4v) is 1.57. The van der Waals surface area contributed by atoms with E-state index >= 15 is 0 Å². The molecule has 0 aromatic heterocycles. The van der Waals surface area contributed by atoms with E-state index in [-0.39, 0.29) is 12.4 Å². The molecule has 92 valence electrons. The topological polar surface area (TPSA) is 72.5 Å². The maximum Gasteiger partial charge on any atom is 0.348 e. The number of aliphatic carboxylic acids is 1. The number of hydrogen-bond acceptors (Lipinski definition) is 3. The second kappa shape index (κ2) is 4.67. The van der Waals surface area contributed by atoms with E-state index in [1.165, 1.54) is 0 Å². The number of benzene rings is 1. The molecule has 0 spiro atoms. The van der Waals surface area contributed by atoms with Gasteiger partial charge in [0.25, 0.3) is 0 Å². The molecule has 1 aliphatic heterocycles. The summed E-state index contributed by atoms with van der Waals surface area (Å²) in [7, 11) is 0. The minimum atomic E-state index is -1.14. The van der Waals surface area contributed by atoms with Crippen molar-refractivity contribution >= 4 is 29.8 Å². The minimum Gasteiger partial charge on any atom is -0.478 e. The summed E-state index contributed by atoms with van der Waals surface area (Å²) >= 11 is 0. The molecule has 0 bridgehead atoms. The normalized spacial score (nSPS) is 22.3. The molecule has 1 heterocycles. The van der Waals surface area contributed by atoms with Gasteiger partial charge in [0, 0.05) is 17.7 Å². The number of hydrogen-bond donors (Lipinski definition) is 2. The summed E-state index contributed by atoms with van der Waals surface area (Å²) in [4.78, 5) is 11.0. The number of ether oxygens (including phenoxy) is 1. The zero-order valence-corrected chi connectivity index (χ0v) is 10.2. The lowest BCUT2D eigenvalue weighted by molar-refractivity contribution is -0.154. The zero-order valence-electron chi connectivity index (χ0n) is 9.34. The Labute approximate surface area is 105 Å². The van der Waals surface area contributed by atoms with Crippen LogP contribution in [0.3, 0.4) is 0 Å². The largest absolute Gasteiger partial charge is 0.478 e. The van der Waals surface area contributed by atoms with Gasteiger partial charge in [0.2, 0.25) is 5.60 Å². The molecule has 3 N–H and O–H groups in total. The van der Waals surface area contributed by atoms with E-state index in [4.69, 9.17) is 15.6 Å². The van der Waals surface area contributed by atoms with Gasteiger partial charge in [-0.1, -0.05) is 0 Å². The van der Waals surface area contributed by atoms with Crippen molar-refractivity contribution in [2.24, 2.45) is 0 Å². The molecule has 1 unspecified atom stereocenters. The van der Waals surface area contributed by atoms with Crippen molar-refractivity contribution in [3.05, 3.63) is 35.9 Å². The van der Waals surface area contributed by atoms with Crippen LogP contribution in [-0.4, -0.2) is 16.7 Å². The molecule has 1 aromatic rings. The Morgan fingerprint density at radius 3 is 2.47 bits per heavy atom. The Morgan fingerprint density at radius 1 is 1.41 bits per heavy atom. The fraction of sp³-hybridized carbons (Fsp3) is 0.250. The lowest BCUT2D eigenvalue weighted by atomic mass is 10.0. The van der Waals surface area contributed by atoms with E-state index in [0.717, 1.165) is 5.56 Å². The highest BCUT2D eigenvalue weighted by molar-refractivity contribution is 5.85. The third-order valence-electron chi connectivity index (χ3n) is 2.66. The van der Waals surface area contributed by atoms with Gasteiger partial charge in [-0.05, 0) is 37.3 Å². The monoisotopic (exact) mass is 255 g/mol. The SMILES string of the molecule is CC1(C(=O)O)CC=C(c2ccc(N)cc2)O1.Cl. The molecule has 17 heavy (non-hydrogen) atoms. The van der Waals surface area contributed by atoms with Gasteiger partial charge in [-0.3, -0.25) is 0 Å². The van der Waals surface area contributed by atoms with Crippen molar-refractivity contribution in [2.75, 3.05) is 5.73 Å². The fourth-order valence-electron chi connectivity index (χ4n) is 1.57. The highest BCUT2D eigenvalue weighted by Crippen LogP contribution is 2.33. The van der Waals surface area contributed by atoms with Crippen LogP contribution in [0.15, 0.2) is 30.3 Å². The average Bonchev–Trinajstić information content (AvgIpc) is 2.63. The van der Waals surface area contributed by atoms with Crippen molar-refractivity contribution in [3.8, 4) is 0 Å². The minimum absolute atomic E-state index is 0. The lowest BCUT2D eigenvalue weighted by Gasteiger charge is -2.20. The molecule has 0 aliphatic carbocycles. The molecule has 1 aliphatic rings. The Bertz CT molecular complexity index is 455. The predicted octanol–water partition coefficient (Wildman–Crippen LogP) is 2.30. The molecular weight excluding hydrogens is 242 g/mol. The van der Waals surface area contributed by atoms with Crippen LogP contribution in [0.25, 0.3) is 5.76 Å². The quantitative estimate of drug-likeness (QED) is 0.796. The van der Waals surface area contributed by atoms with Crippen molar-refractivity contribution in [1.82, 2.24) is 0 Å². The first-order valence-corrected chi connectivity index (χ1v) is 5.00. The number of carbonyl (C=O) groups is 1. The maximum absolute atomic E-state index is 11.0. The first kappa shape index (κ1) is 13.4. The standard InChI is InChI=1S/C12H13NO3.ClH/c1-12(11(14)15)7-6-10(16-12)8-2-4-9(13)5-3-8;/h2-6H,7,13H2,1H3,(H,14,15);1H. The summed E-state index contributed by atoms with van der Waals surface area (Å²) in [5.74, 6) is -0.348. The van der Waals surface area contributed by atoms with E-state index in [1.54, 1.807) is 25.1 Å². The van der Waals surface area contributed by atoms with E-state index in [1.807, 2.05) is 12.1 Å². The van der Waals surface area contributed by atoms with Crippen molar-refractivity contribution in [2.45, 2.75) is 18.9 Å². The molecular formula is C12H14ClNO3. The zero-order chi connectivity index (χ0) is 11.8. The second-order valence-electron chi connectivity index (χ2n) is 4.03. The second-order valence-corrected chi connectivity index (χ2v) is 4.03. The van der Waals surface area contributed by atoms with Crippen molar-refractivity contribution < 1.29 is 14.6 Å². The van der Waals surface area contributed by atoms with Gasteiger partial charge in [0.1, 0.15) is 5.76 Å². The van der Waals surface area contributed by atoms with E-state index in [2.05, 4.69) is 0 Å². The van der Waals surface area contributed by atoms with Gasteiger partial charge < -0.3 is 15.6 Å². The van der Waals surface area contributed by atoms with Gasteiger partial charge in [-0.25, -0.2) is 4.79 Å². The molecule has 1 atom stereocenters. The van der Waals surface area contributed by atoms with Crippen LogP contribution in [-0.2, 0) is 9.53 Å². The third-order valence-corrected chi connectivity index (χ3v) is 2.66. The first-order valence-electron chi connectivity index (χ1n) is 5.00. The highest BCUT2D eigenvalue weighted by atomic mass is 35.5. The summed E-state index contributed by atoms with van der Waals surface area (Å²) in [6.07, 6.45) is 2.17. The molecule has 4 nitrogen and oxygen atoms in total. The molecule has 0 saturated heterocycles. The van der Waals surface area contributed by atoms with Crippen LogP contribution in [0, 0.1) is 0 Å². The number of halogens is 1. The Hall–Kier alpha value is -1.68. The Morgan fingerprint density at radius 2 is 2.00 bits per heavy atom. The van der Waals surface area contributed by atoms with Crippen molar-refractivity contribution in [3.63, 3.8) is 0 Å². The summed E-state index contributed by atoms with van der Waals surface area (Å²) in [6.45, 7) is 1.57. The lowest BCUT2D eigenvalue weighted by Crippen LogP contribution is -2.34. The number of carboxylic acid groups (broad SMARTS) is 1. The number of nitrogen functional groups attached to an aromatic ring is 1. The van der Waals surface area contributed by atoms with Crippen LogP contribution in [0.2, 0.25) is 0 Å². The number of carboxylic acids is 1. The molecule has 5 heteroatoms.